The van der Waals surface area contributed by atoms with Crippen LogP contribution in [0, 0.1) is 5.92 Å². The van der Waals surface area contributed by atoms with Crippen LogP contribution < -0.4 is 5.32 Å². The van der Waals surface area contributed by atoms with Crippen molar-refractivity contribution in [3.05, 3.63) is 0 Å². The van der Waals surface area contributed by atoms with Gasteiger partial charge in [-0.1, -0.05) is 20.3 Å². The Morgan fingerprint density at radius 1 is 1.60 bits per heavy atom. The SMILES string of the molecule is CCC[C@@H](C)C(=O)NC[C@@](C)(O)COC. The zero-order valence-corrected chi connectivity index (χ0v) is 10.2. The minimum absolute atomic E-state index is 0.00627. The van der Waals surface area contributed by atoms with E-state index in [9.17, 15) is 9.90 Å². The quantitative estimate of drug-likeness (QED) is 0.667. The molecule has 0 rings (SSSR count). The average Bonchev–Trinajstić information content (AvgIpc) is 2.14. The van der Waals surface area contributed by atoms with Gasteiger partial charge in [-0.25, -0.2) is 0 Å². The average molecular weight is 217 g/mol. The predicted octanol–water partition coefficient (Wildman–Crippen LogP) is 0.936. The Bertz CT molecular complexity index is 192. The number of rotatable bonds is 7. The van der Waals surface area contributed by atoms with Gasteiger partial charge >= 0.3 is 0 Å². The summed E-state index contributed by atoms with van der Waals surface area (Å²) in [4.78, 5) is 11.5. The molecule has 0 aromatic rings. The fraction of sp³-hybridized carbons (Fsp3) is 0.909. The molecule has 0 aromatic carbocycles. The van der Waals surface area contributed by atoms with Gasteiger partial charge in [-0.3, -0.25) is 4.79 Å². The molecule has 0 aliphatic rings. The van der Waals surface area contributed by atoms with Crippen LogP contribution in [0.5, 0.6) is 0 Å². The molecule has 0 aliphatic carbocycles. The third-order valence-electron chi connectivity index (χ3n) is 2.27. The molecule has 0 aromatic heterocycles. The molecule has 90 valence electrons. The Morgan fingerprint density at radius 3 is 2.67 bits per heavy atom. The fourth-order valence-electron chi connectivity index (χ4n) is 1.38. The standard InChI is InChI=1S/C11H23NO3/c1-5-6-9(2)10(13)12-7-11(3,14)8-15-4/h9,14H,5-8H2,1-4H3,(H,12,13)/t9-,11-/m1/s1. The van der Waals surface area contributed by atoms with Crippen molar-refractivity contribution in [1.82, 2.24) is 5.32 Å². The largest absolute Gasteiger partial charge is 0.386 e. The number of amides is 1. The molecule has 0 saturated heterocycles. The molecule has 0 fully saturated rings. The molecule has 0 heterocycles. The Hall–Kier alpha value is -0.610. The molecular formula is C11H23NO3. The van der Waals surface area contributed by atoms with E-state index in [4.69, 9.17) is 4.74 Å². The van der Waals surface area contributed by atoms with Crippen LogP contribution in [0.4, 0.5) is 0 Å². The van der Waals surface area contributed by atoms with Gasteiger partial charge in [-0.2, -0.15) is 0 Å². The number of carbonyl (C=O) groups is 1. The smallest absolute Gasteiger partial charge is 0.222 e. The number of carbonyl (C=O) groups excluding carboxylic acids is 1. The molecule has 4 heteroatoms. The van der Waals surface area contributed by atoms with E-state index >= 15 is 0 Å². The Labute approximate surface area is 92.0 Å². The molecule has 0 bridgehead atoms. The van der Waals surface area contributed by atoms with Crippen LogP contribution in [0.3, 0.4) is 0 Å². The summed E-state index contributed by atoms with van der Waals surface area (Å²) in [5, 5.41) is 12.5. The maximum absolute atomic E-state index is 11.5. The molecule has 4 nitrogen and oxygen atoms in total. The maximum Gasteiger partial charge on any atom is 0.222 e. The van der Waals surface area contributed by atoms with Gasteiger partial charge in [-0.15, -0.1) is 0 Å². The van der Waals surface area contributed by atoms with Crippen molar-refractivity contribution in [2.45, 2.75) is 39.2 Å². The molecule has 0 radical (unpaired) electrons. The van der Waals surface area contributed by atoms with E-state index in [0.717, 1.165) is 12.8 Å². The molecule has 1 amide bonds. The maximum atomic E-state index is 11.5. The lowest BCUT2D eigenvalue weighted by molar-refractivity contribution is -0.126. The minimum atomic E-state index is -0.990. The summed E-state index contributed by atoms with van der Waals surface area (Å²) >= 11 is 0. The highest BCUT2D eigenvalue weighted by molar-refractivity contribution is 5.78. The van der Waals surface area contributed by atoms with Gasteiger partial charge in [0.15, 0.2) is 0 Å². The van der Waals surface area contributed by atoms with Gasteiger partial charge in [-0.05, 0) is 13.3 Å². The summed E-state index contributed by atoms with van der Waals surface area (Å²) in [6.07, 6.45) is 1.86. The number of aliphatic hydroxyl groups is 1. The fourth-order valence-corrected chi connectivity index (χ4v) is 1.38. The summed E-state index contributed by atoms with van der Waals surface area (Å²) in [6, 6.07) is 0. The number of methoxy groups -OCH3 is 1. The summed E-state index contributed by atoms with van der Waals surface area (Å²) < 4.78 is 4.85. The summed E-state index contributed by atoms with van der Waals surface area (Å²) in [5.74, 6) is 0.00146. The first-order chi connectivity index (χ1) is 6.93. The first-order valence-corrected chi connectivity index (χ1v) is 5.42. The summed E-state index contributed by atoms with van der Waals surface area (Å²) in [5.41, 5.74) is -0.990. The van der Waals surface area contributed by atoms with Gasteiger partial charge in [0.05, 0.1) is 6.61 Å². The van der Waals surface area contributed by atoms with Crippen LogP contribution in [0.25, 0.3) is 0 Å². The highest BCUT2D eigenvalue weighted by Crippen LogP contribution is 2.06. The van der Waals surface area contributed by atoms with Crippen LogP contribution in [-0.2, 0) is 9.53 Å². The minimum Gasteiger partial charge on any atom is -0.386 e. The molecule has 0 spiro atoms. The van der Waals surface area contributed by atoms with E-state index in [-0.39, 0.29) is 25.0 Å². The van der Waals surface area contributed by atoms with E-state index in [2.05, 4.69) is 5.32 Å². The first-order valence-electron chi connectivity index (χ1n) is 5.42. The Morgan fingerprint density at radius 2 is 2.20 bits per heavy atom. The zero-order valence-electron chi connectivity index (χ0n) is 10.2. The van der Waals surface area contributed by atoms with Gasteiger partial charge < -0.3 is 15.2 Å². The lowest BCUT2D eigenvalue weighted by atomic mass is 10.0. The van der Waals surface area contributed by atoms with Crippen molar-refractivity contribution in [3.63, 3.8) is 0 Å². The van der Waals surface area contributed by atoms with Crippen molar-refractivity contribution in [1.29, 1.82) is 0 Å². The van der Waals surface area contributed by atoms with Crippen molar-refractivity contribution in [2.24, 2.45) is 5.92 Å². The second-order valence-electron chi connectivity index (χ2n) is 4.34. The van der Waals surface area contributed by atoms with Crippen molar-refractivity contribution in [3.8, 4) is 0 Å². The van der Waals surface area contributed by atoms with Crippen LogP contribution >= 0.6 is 0 Å². The normalized spacial score (nSPS) is 16.9. The van der Waals surface area contributed by atoms with Crippen molar-refractivity contribution >= 4 is 5.91 Å². The van der Waals surface area contributed by atoms with E-state index in [1.165, 1.54) is 7.11 Å². The molecule has 0 saturated carbocycles. The molecule has 0 unspecified atom stereocenters. The number of hydrogen-bond acceptors (Lipinski definition) is 3. The van der Waals surface area contributed by atoms with E-state index in [0.29, 0.717) is 0 Å². The lowest BCUT2D eigenvalue weighted by Gasteiger charge is -2.23. The second kappa shape index (κ2) is 6.80. The highest BCUT2D eigenvalue weighted by Gasteiger charge is 2.22. The molecular weight excluding hydrogens is 194 g/mol. The third kappa shape index (κ3) is 6.47. The number of hydrogen-bond donors (Lipinski definition) is 2. The molecule has 2 N–H and O–H groups in total. The Balaban J connectivity index is 3.88. The van der Waals surface area contributed by atoms with E-state index in [1.807, 2.05) is 13.8 Å². The summed E-state index contributed by atoms with van der Waals surface area (Å²) in [6.45, 7) is 6.03. The van der Waals surface area contributed by atoms with Gasteiger partial charge in [0, 0.05) is 19.6 Å². The van der Waals surface area contributed by atoms with Gasteiger partial charge in [0.1, 0.15) is 5.60 Å². The number of ether oxygens (including phenoxy) is 1. The zero-order chi connectivity index (χ0) is 11.9. The van der Waals surface area contributed by atoms with Crippen molar-refractivity contribution in [2.75, 3.05) is 20.3 Å². The van der Waals surface area contributed by atoms with Gasteiger partial charge in [0.25, 0.3) is 0 Å². The highest BCUT2D eigenvalue weighted by atomic mass is 16.5. The topological polar surface area (TPSA) is 58.6 Å². The summed E-state index contributed by atoms with van der Waals surface area (Å²) in [7, 11) is 1.52. The van der Waals surface area contributed by atoms with E-state index < -0.39 is 5.60 Å². The van der Waals surface area contributed by atoms with Crippen LogP contribution in [0.1, 0.15) is 33.6 Å². The first kappa shape index (κ1) is 14.4. The Kier molecular flexibility index (Phi) is 6.52. The van der Waals surface area contributed by atoms with Crippen LogP contribution in [-0.4, -0.2) is 36.9 Å². The predicted molar refractivity (Wildman–Crippen MR) is 59.6 cm³/mol. The molecule has 0 aliphatic heterocycles. The lowest BCUT2D eigenvalue weighted by Crippen LogP contribution is -2.45. The second-order valence-corrected chi connectivity index (χ2v) is 4.34. The monoisotopic (exact) mass is 217 g/mol. The number of nitrogens with one attached hydrogen (secondary N) is 1. The van der Waals surface area contributed by atoms with E-state index in [1.54, 1.807) is 6.92 Å². The molecule has 15 heavy (non-hydrogen) atoms. The van der Waals surface area contributed by atoms with Gasteiger partial charge in [0.2, 0.25) is 5.91 Å². The van der Waals surface area contributed by atoms with Crippen molar-refractivity contribution < 1.29 is 14.6 Å². The molecule has 2 atom stereocenters. The van der Waals surface area contributed by atoms with Crippen LogP contribution in [0.2, 0.25) is 0 Å². The third-order valence-corrected chi connectivity index (χ3v) is 2.27. The van der Waals surface area contributed by atoms with Crippen LogP contribution in [0.15, 0.2) is 0 Å².